The first-order valence-electron chi connectivity index (χ1n) is 11.7. The van der Waals surface area contributed by atoms with Gasteiger partial charge in [-0.05, 0) is 42.9 Å². The zero-order chi connectivity index (χ0) is 21.7. The fourth-order valence-electron chi connectivity index (χ4n) is 4.93. The Balaban J connectivity index is 1.96. The van der Waals surface area contributed by atoms with E-state index in [1.165, 1.54) is 55.2 Å². The van der Waals surface area contributed by atoms with Gasteiger partial charge in [0.15, 0.2) is 0 Å². The van der Waals surface area contributed by atoms with Gasteiger partial charge in [0.1, 0.15) is 6.04 Å². The van der Waals surface area contributed by atoms with Gasteiger partial charge in [0.05, 0.1) is 12.6 Å². The molecule has 0 radical (unpaired) electrons. The Hall–Kier alpha value is -2.01. The predicted octanol–water partition coefficient (Wildman–Crippen LogP) is 4.56. The van der Waals surface area contributed by atoms with Gasteiger partial charge >= 0.3 is 0 Å². The Morgan fingerprint density at radius 2 is 1.90 bits per heavy atom. The molecular weight excluding hydrogens is 374 g/mol. The van der Waals surface area contributed by atoms with E-state index in [0.29, 0.717) is 6.42 Å². The van der Waals surface area contributed by atoms with Crippen LogP contribution in [0.1, 0.15) is 70.6 Å². The molecule has 166 valence electrons. The lowest BCUT2D eigenvalue weighted by atomic mass is 9.98. The Morgan fingerprint density at radius 3 is 2.60 bits per heavy atom. The second-order valence-corrected chi connectivity index (χ2v) is 9.19. The first-order valence-corrected chi connectivity index (χ1v) is 11.7. The minimum absolute atomic E-state index is 0.00448. The van der Waals surface area contributed by atoms with Crippen molar-refractivity contribution < 1.29 is 9.90 Å². The van der Waals surface area contributed by atoms with Crippen LogP contribution >= 0.6 is 0 Å². The number of anilines is 1. The zero-order valence-electron chi connectivity index (χ0n) is 19.1. The molecule has 3 rings (SSSR count). The average Bonchev–Trinajstić information content (AvgIpc) is 3.08. The van der Waals surface area contributed by atoms with Gasteiger partial charge in [0.25, 0.3) is 0 Å². The molecule has 0 bridgehead atoms. The Bertz CT molecular complexity index is 842. The van der Waals surface area contributed by atoms with Gasteiger partial charge in [0.2, 0.25) is 5.91 Å². The number of aromatic nitrogens is 1. The maximum absolute atomic E-state index is 13.0. The number of amides is 1. The summed E-state index contributed by atoms with van der Waals surface area (Å²) in [6, 6.07) is 5.79. The van der Waals surface area contributed by atoms with Gasteiger partial charge in [-0.1, -0.05) is 58.9 Å². The molecule has 3 N–H and O–H groups in total. The lowest BCUT2D eigenvalue weighted by Crippen LogP contribution is -2.52. The molecular formula is C25H39N3O2. The third-order valence-electron chi connectivity index (χ3n) is 6.49. The standard InChI is InChI=1S/C25H39N3O2/c1-5-6-7-8-9-10-12-20-19-15-18(16-29)26-25(30)24(17(2)3)28(4)22-14-11-13-21(27-20)23(19)22/h11,13-14,17-18,24,27,29H,5-10,12,15-16H2,1-4H3,(H,26,30)/t18-,24-/m0/s1. The Labute approximate surface area is 181 Å². The van der Waals surface area contributed by atoms with Crippen LogP contribution in [0.2, 0.25) is 0 Å². The van der Waals surface area contributed by atoms with E-state index in [4.69, 9.17) is 0 Å². The predicted molar refractivity (Wildman–Crippen MR) is 125 cm³/mol. The molecule has 1 amide bonds. The quantitative estimate of drug-likeness (QED) is 0.528. The maximum Gasteiger partial charge on any atom is 0.243 e. The smallest absolute Gasteiger partial charge is 0.243 e. The molecule has 0 saturated carbocycles. The number of hydrogen-bond acceptors (Lipinski definition) is 3. The van der Waals surface area contributed by atoms with E-state index >= 15 is 0 Å². The monoisotopic (exact) mass is 413 g/mol. The van der Waals surface area contributed by atoms with Crippen LogP contribution in [-0.4, -0.2) is 41.7 Å². The van der Waals surface area contributed by atoms with Crippen molar-refractivity contribution in [1.29, 1.82) is 0 Å². The summed E-state index contributed by atoms with van der Waals surface area (Å²) >= 11 is 0. The minimum atomic E-state index is -0.271. The van der Waals surface area contributed by atoms with Gasteiger partial charge in [-0.15, -0.1) is 0 Å². The van der Waals surface area contributed by atoms with E-state index in [1.54, 1.807) is 0 Å². The highest BCUT2D eigenvalue weighted by molar-refractivity contribution is 5.99. The number of benzene rings is 1. The van der Waals surface area contributed by atoms with Crippen molar-refractivity contribution >= 4 is 22.5 Å². The number of carbonyl (C=O) groups is 1. The lowest BCUT2D eigenvalue weighted by molar-refractivity contribution is -0.124. The second-order valence-electron chi connectivity index (χ2n) is 9.19. The second kappa shape index (κ2) is 10.3. The molecule has 1 aliphatic rings. The van der Waals surface area contributed by atoms with Gasteiger partial charge in [-0.3, -0.25) is 4.79 Å². The van der Waals surface area contributed by atoms with Crippen molar-refractivity contribution in [1.82, 2.24) is 10.3 Å². The molecule has 2 atom stereocenters. The number of aliphatic hydroxyl groups excluding tert-OH is 1. The van der Waals surface area contributed by atoms with Crippen molar-refractivity contribution in [2.24, 2.45) is 5.92 Å². The summed E-state index contributed by atoms with van der Waals surface area (Å²) in [7, 11) is 2.02. The summed E-state index contributed by atoms with van der Waals surface area (Å²) in [4.78, 5) is 18.8. The van der Waals surface area contributed by atoms with E-state index in [1.807, 2.05) is 7.05 Å². The fourth-order valence-corrected chi connectivity index (χ4v) is 4.93. The summed E-state index contributed by atoms with van der Waals surface area (Å²) in [6.45, 7) is 6.35. The van der Waals surface area contributed by atoms with Gasteiger partial charge < -0.3 is 20.3 Å². The van der Waals surface area contributed by atoms with Crippen molar-refractivity contribution in [2.75, 3.05) is 18.6 Å². The molecule has 5 nitrogen and oxygen atoms in total. The van der Waals surface area contributed by atoms with Crippen LogP contribution in [0, 0.1) is 5.92 Å². The number of hydrogen-bond donors (Lipinski definition) is 3. The normalized spacial score (nSPS) is 19.7. The first kappa shape index (κ1) is 22.7. The van der Waals surface area contributed by atoms with Crippen molar-refractivity contribution in [3.05, 3.63) is 29.5 Å². The summed E-state index contributed by atoms with van der Waals surface area (Å²) in [5.74, 6) is 0.155. The van der Waals surface area contributed by atoms with Crippen LogP contribution in [0.4, 0.5) is 5.69 Å². The summed E-state index contributed by atoms with van der Waals surface area (Å²) < 4.78 is 0. The molecule has 0 spiro atoms. The minimum Gasteiger partial charge on any atom is -0.394 e. The first-order chi connectivity index (χ1) is 14.5. The van der Waals surface area contributed by atoms with E-state index in [9.17, 15) is 9.90 Å². The summed E-state index contributed by atoms with van der Waals surface area (Å²) in [5.41, 5.74) is 4.74. The largest absolute Gasteiger partial charge is 0.394 e. The van der Waals surface area contributed by atoms with Crippen LogP contribution in [0.3, 0.4) is 0 Å². The third kappa shape index (κ3) is 4.83. The average molecular weight is 414 g/mol. The number of aryl methyl sites for hydroxylation is 1. The Kier molecular flexibility index (Phi) is 7.81. The van der Waals surface area contributed by atoms with Crippen LogP contribution in [0.5, 0.6) is 0 Å². The van der Waals surface area contributed by atoms with E-state index in [2.05, 4.69) is 54.2 Å². The fraction of sp³-hybridized carbons (Fsp3) is 0.640. The number of carbonyl (C=O) groups excluding carboxylic acids is 1. The molecule has 0 unspecified atom stereocenters. The van der Waals surface area contributed by atoms with Crippen LogP contribution in [0.15, 0.2) is 18.2 Å². The van der Waals surface area contributed by atoms with E-state index in [-0.39, 0.29) is 30.5 Å². The highest BCUT2D eigenvalue weighted by Gasteiger charge is 2.32. The molecule has 0 fully saturated rings. The Morgan fingerprint density at radius 1 is 1.17 bits per heavy atom. The highest BCUT2D eigenvalue weighted by atomic mass is 16.3. The van der Waals surface area contributed by atoms with Crippen LogP contribution in [0.25, 0.3) is 10.9 Å². The van der Waals surface area contributed by atoms with E-state index in [0.717, 1.165) is 17.6 Å². The topological polar surface area (TPSA) is 68.4 Å². The summed E-state index contributed by atoms with van der Waals surface area (Å²) in [6.07, 6.45) is 9.29. The molecule has 5 heteroatoms. The number of nitrogens with zero attached hydrogens (tertiary/aromatic N) is 1. The molecule has 2 aromatic rings. The molecule has 1 aliphatic heterocycles. The number of rotatable bonds is 9. The van der Waals surface area contributed by atoms with Gasteiger partial charge in [0, 0.05) is 29.3 Å². The molecule has 0 saturated heterocycles. The van der Waals surface area contributed by atoms with Gasteiger partial charge in [-0.2, -0.15) is 0 Å². The summed E-state index contributed by atoms with van der Waals surface area (Å²) in [5, 5.41) is 14.3. The number of aliphatic hydroxyl groups is 1. The number of likely N-dealkylation sites (N-methyl/N-ethyl adjacent to an activating group) is 1. The molecule has 1 aromatic carbocycles. The number of aromatic amines is 1. The lowest BCUT2D eigenvalue weighted by Gasteiger charge is -2.32. The van der Waals surface area contributed by atoms with Crippen molar-refractivity contribution in [2.45, 2.75) is 84.2 Å². The van der Waals surface area contributed by atoms with Crippen LogP contribution in [-0.2, 0) is 17.6 Å². The third-order valence-corrected chi connectivity index (χ3v) is 6.49. The SMILES string of the molecule is CCCCCCCCc1[nH]c2cccc3c2c1C[C@@H](CO)NC(=O)[C@H](C(C)C)N3C. The van der Waals surface area contributed by atoms with E-state index < -0.39 is 0 Å². The maximum atomic E-state index is 13.0. The number of H-pyrrole nitrogens is 1. The number of nitrogens with one attached hydrogen (secondary N) is 2. The van der Waals surface area contributed by atoms with Crippen LogP contribution < -0.4 is 10.2 Å². The van der Waals surface area contributed by atoms with Crippen molar-refractivity contribution in [3.8, 4) is 0 Å². The molecule has 2 heterocycles. The molecule has 1 aromatic heterocycles. The highest BCUT2D eigenvalue weighted by Crippen LogP contribution is 2.35. The van der Waals surface area contributed by atoms with Gasteiger partial charge in [-0.25, -0.2) is 0 Å². The van der Waals surface area contributed by atoms with Crippen molar-refractivity contribution in [3.63, 3.8) is 0 Å². The molecule has 0 aliphatic carbocycles. The zero-order valence-corrected chi connectivity index (χ0v) is 19.1. The molecule has 30 heavy (non-hydrogen) atoms. The number of unbranched alkanes of at least 4 members (excludes halogenated alkanes) is 5.